The highest BCUT2D eigenvalue weighted by molar-refractivity contribution is 7.91. The van der Waals surface area contributed by atoms with Crippen LogP contribution in [0.25, 0.3) is 0 Å². The third kappa shape index (κ3) is 3.35. The molecule has 1 aliphatic rings. The number of nitrogens with one attached hydrogen (secondary N) is 1. The summed E-state index contributed by atoms with van der Waals surface area (Å²) in [7, 11) is -1.75. The fraction of sp³-hybridized carbons (Fsp3) is 0.667. The van der Waals surface area contributed by atoms with Crippen LogP contribution in [-0.4, -0.2) is 45.6 Å². The Kier molecular flexibility index (Phi) is 4.97. The van der Waals surface area contributed by atoms with Gasteiger partial charge in [0.05, 0.1) is 12.6 Å². The lowest BCUT2D eigenvalue weighted by Crippen LogP contribution is -2.36. The Morgan fingerprint density at radius 2 is 2.37 bits per heavy atom. The maximum absolute atomic E-state index is 12.5. The summed E-state index contributed by atoms with van der Waals surface area (Å²) in [4.78, 5) is 0. The molecule has 5 nitrogen and oxygen atoms in total. The van der Waals surface area contributed by atoms with Gasteiger partial charge >= 0.3 is 0 Å². The zero-order valence-electron chi connectivity index (χ0n) is 11.3. The lowest BCUT2D eigenvalue weighted by Gasteiger charge is -2.21. The van der Waals surface area contributed by atoms with E-state index in [0.717, 1.165) is 18.5 Å². The average molecular weight is 304 g/mol. The van der Waals surface area contributed by atoms with Crippen molar-refractivity contribution in [2.75, 3.05) is 26.8 Å². The van der Waals surface area contributed by atoms with Gasteiger partial charge in [0.2, 0.25) is 0 Å². The van der Waals surface area contributed by atoms with E-state index in [2.05, 4.69) is 5.32 Å². The van der Waals surface area contributed by atoms with Crippen LogP contribution in [-0.2, 0) is 21.3 Å². The molecule has 1 fully saturated rings. The number of sulfonamides is 1. The Labute approximate surface area is 118 Å². The molecule has 7 heteroatoms. The van der Waals surface area contributed by atoms with Gasteiger partial charge in [-0.05, 0) is 30.0 Å². The maximum atomic E-state index is 12.5. The van der Waals surface area contributed by atoms with Crippen LogP contribution in [0.4, 0.5) is 0 Å². The third-order valence-corrected chi connectivity index (χ3v) is 6.64. The lowest BCUT2D eigenvalue weighted by atomic mass is 10.3. The molecule has 1 N–H and O–H groups in total. The van der Waals surface area contributed by atoms with Crippen molar-refractivity contribution < 1.29 is 13.2 Å². The monoisotopic (exact) mass is 304 g/mol. The predicted molar refractivity (Wildman–Crippen MR) is 75.9 cm³/mol. The number of thiophene rings is 1. The fourth-order valence-electron chi connectivity index (χ4n) is 2.00. The predicted octanol–water partition coefficient (Wildman–Crippen LogP) is 1.27. The van der Waals surface area contributed by atoms with Gasteiger partial charge in [-0.15, -0.1) is 11.3 Å². The SMILES string of the molecule is CCNCc1csc(S(=O)(=O)N(C)C2CCOC2)c1. The van der Waals surface area contributed by atoms with Crippen LogP contribution >= 0.6 is 11.3 Å². The van der Waals surface area contributed by atoms with Gasteiger partial charge in [-0.1, -0.05) is 6.92 Å². The number of hydrogen-bond donors (Lipinski definition) is 1. The van der Waals surface area contributed by atoms with Crippen LogP contribution in [0.1, 0.15) is 18.9 Å². The van der Waals surface area contributed by atoms with Crippen LogP contribution in [0.5, 0.6) is 0 Å². The number of hydrogen-bond acceptors (Lipinski definition) is 5. The van der Waals surface area contributed by atoms with E-state index in [1.165, 1.54) is 15.6 Å². The van der Waals surface area contributed by atoms with Crippen LogP contribution in [0.3, 0.4) is 0 Å². The van der Waals surface area contributed by atoms with Gasteiger partial charge in [-0.25, -0.2) is 8.42 Å². The average Bonchev–Trinajstić information content (AvgIpc) is 3.06. The molecule has 0 amide bonds. The molecule has 0 saturated carbocycles. The molecule has 1 aromatic heterocycles. The first-order chi connectivity index (χ1) is 9.05. The molecular formula is C12H20N2O3S2. The Hall–Kier alpha value is -0.470. The summed E-state index contributed by atoms with van der Waals surface area (Å²) < 4.78 is 32.0. The van der Waals surface area contributed by atoms with Crippen molar-refractivity contribution in [1.82, 2.24) is 9.62 Å². The molecule has 1 saturated heterocycles. The Balaban J connectivity index is 2.12. The molecule has 1 unspecified atom stereocenters. The summed E-state index contributed by atoms with van der Waals surface area (Å²) in [6.07, 6.45) is 0.769. The van der Waals surface area contributed by atoms with Gasteiger partial charge in [0.15, 0.2) is 0 Å². The molecule has 108 valence electrons. The first kappa shape index (κ1) is 14.9. The van der Waals surface area contributed by atoms with Gasteiger partial charge in [0.25, 0.3) is 10.0 Å². The van der Waals surface area contributed by atoms with Crippen molar-refractivity contribution in [3.05, 3.63) is 17.0 Å². The van der Waals surface area contributed by atoms with Crippen LogP contribution in [0.15, 0.2) is 15.7 Å². The number of ether oxygens (including phenoxy) is 1. The molecule has 19 heavy (non-hydrogen) atoms. The molecule has 2 rings (SSSR count). The molecule has 0 bridgehead atoms. The second-order valence-electron chi connectivity index (χ2n) is 4.59. The van der Waals surface area contributed by atoms with E-state index in [-0.39, 0.29) is 6.04 Å². The summed E-state index contributed by atoms with van der Waals surface area (Å²) in [5, 5.41) is 5.09. The van der Waals surface area contributed by atoms with E-state index in [0.29, 0.717) is 24.0 Å². The maximum Gasteiger partial charge on any atom is 0.252 e. The minimum Gasteiger partial charge on any atom is -0.380 e. The van der Waals surface area contributed by atoms with Crippen LogP contribution < -0.4 is 5.32 Å². The Morgan fingerprint density at radius 1 is 1.58 bits per heavy atom. The van der Waals surface area contributed by atoms with Crippen molar-refractivity contribution in [1.29, 1.82) is 0 Å². The van der Waals surface area contributed by atoms with Gasteiger partial charge in [-0.3, -0.25) is 0 Å². The molecule has 2 heterocycles. The highest BCUT2D eigenvalue weighted by atomic mass is 32.2. The third-order valence-electron chi connectivity index (χ3n) is 3.26. The van der Waals surface area contributed by atoms with Gasteiger partial charge in [0.1, 0.15) is 4.21 Å². The summed E-state index contributed by atoms with van der Waals surface area (Å²) in [6.45, 7) is 4.74. The molecular weight excluding hydrogens is 284 g/mol. The summed E-state index contributed by atoms with van der Waals surface area (Å²) in [5.41, 5.74) is 1.02. The summed E-state index contributed by atoms with van der Waals surface area (Å²) in [5.74, 6) is 0. The molecule has 0 spiro atoms. The van der Waals surface area contributed by atoms with Crippen molar-refractivity contribution in [3.8, 4) is 0 Å². The zero-order chi connectivity index (χ0) is 13.9. The molecule has 1 aliphatic heterocycles. The van der Waals surface area contributed by atoms with Gasteiger partial charge in [-0.2, -0.15) is 4.31 Å². The fourth-order valence-corrected chi connectivity index (χ4v) is 4.76. The normalized spacial score (nSPS) is 20.3. The molecule has 1 aromatic rings. The van der Waals surface area contributed by atoms with Crippen molar-refractivity contribution in [2.45, 2.75) is 30.1 Å². The number of rotatable bonds is 6. The van der Waals surface area contributed by atoms with E-state index >= 15 is 0 Å². The number of nitrogens with zero attached hydrogens (tertiary/aromatic N) is 1. The van der Waals surface area contributed by atoms with E-state index in [1.54, 1.807) is 13.1 Å². The molecule has 0 aromatic carbocycles. The van der Waals surface area contributed by atoms with Gasteiger partial charge < -0.3 is 10.1 Å². The zero-order valence-corrected chi connectivity index (χ0v) is 12.9. The molecule has 0 aliphatic carbocycles. The highest BCUT2D eigenvalue weighted by Crippen LogP contribution is 2.26. The summed E-state index contributed by atoms with van der Waals surface area (Å²) >= 11 is 1.28. The van der Waals surface area contributed by atoms with Crippen molar-refractivity contribution in [2.24, 2.45) is 0 Å². The molecule has 0 radical (unpaired) electrons. The smallest absolute Gasteiger partial charge is 0.252 e. The van der Waals surface area contributed by atoms with E-state index in [1.807, 2.05) is 12.3 Å². The second kappa shape index (κ2) is 6.32. The highest BCUT2D eigenvalue weighted by Gasteiger charge is 2.31. The standard InChI is InChI=1S/C12H20N2O3S2/c1-3-13-7-10-6-12(18-9-10)19(15,16)14(2)11-4-5-17-8-11/h6,9,11,13H,3-5,7-8H2,1-2H3. The van der Waals surface area contributed by atoms with E-state index in [9.17, 15) is 8.42 Å². The quantitative estimate of drug-likeness (QED) is 0.860. The van der Waals surface area contributed by atoms with Crippen LogP contribution in [0.2, 0.25) is 0 Å². The minimum absolute atomic E-state index is 0.0377. The molecule has 1 atom stereocenters. The Morgan fingerprint density at radius 3 is 3.00 bits per heavy atom. The van der Waals surface area contributed by atoms with Crippen molar-refractivity contribution in [3.63, 3.8) is 0 Å². The van der Waals surface area contributed by atoms with Crippen LogP contribution in [0, 0.1) is 0 Å². The minimum atomic E-state index is -3.38. The summed E-state index contributed by atoms with van der Waals surface area (Å²) in [6, 6.07) is 1.72. The first-order valence-corrected chi connectivity index (χ1v) is 8.71. The second-order valence-corrected chi connectivity index (χ2v) is 7.73. The largest absolute Gasteiger partial charge is 0.380 e. The Bertz CT molecular complexity index is 507. The number of likely N-dealkylation sites (N-methyl/N-ethyl adjacent to an activating group) is 1. The topological polar surface area (TPSA) is 58.6 Å². The van der Waals surface area contributed by atoms with E-state index < -0.39 is 10.0 Å². The first-order valence-electron chi connectivity index (χ1n) is 6.39. The van der Waals surface area contributed by atoms with Crippen molar-refractivity contribution >= 4 is 21.4 Å². The lowest BCUT2D eigenvalue weighted by molar-refractivity contribution is 0.181. The van der Waals surface area contributed by atoms with Gasteiger partial charge in [0, 0.05) is 20.2 Å². The van der Waals surface area contributed by atoms with E-state index in [4.69, 9.17) is 4.74 Å².